The number of halogens is 2. The van der Waals surface area contributed by atoms with Crippen LogP contribution in [-0.4, -0.2) is 44.9 Å². The normalized spacial score (nSPS) is 14.1. The highest BCUT2D eigenvalue weighted by Gasteiger charge is 2.22. The van der Waals surface area contributed by atoms with E-state index in [-0.39, 0.29) is 12.1 Å². The Kier molecular flexibility index (Phi) is 7.73. The molecule has 3 aromatic rings. The van der Waals surface area contributed by atoms with E-state index >= 15 is 0 Å². The first kappa shape index (κ1) is 24.1. The lowest BCUT2D eigenvalue weighted by atomic mass is 10.1. The number of rotatable bonds is 9. The van der Waals surface area contributed by atoms with E-state index in [1.165, 1.54) is 5.56 Å². The van der Waals surface area contributed by atoms with Gasteiger partial charge < -0.3 is 9.47 Å². The van der Waals surface area contributed by atoms with Crippen molar-refractivity contribution in [3.05, 3.63) is 77.1 Å². The predicted molar refractivity (Wildman–Crippen MR) is 130 cm³/mol. The van der Waals surface area contributed by atoms with Crippen molar-refractivity contribution in [2.75, 3.05) is 19.6 Å². The van der Waals surface area contributed by atoms with Crippen molar-refractivity contribution < 1.29 is 13.6 Å². The third-order valence-electron chi connectivity index (χ3n) is 6.16. The lowest BCUT2D eigenvalue weighted by Gasteiger charge is -2.23. The van der Waals surface area contributed by atoms with Gasteiger partial charge in [0.25, 0.3) is 5.91 Å². The molecule has 0 radical (unpaired) electrons. The molecular weight excluding hydrogens is 434 g/mol. The fourth-order valence-corrected chi connectivity index (χ4v) is 4.53. The van der Waals surface area contributed by atoms with E-state index < -0.39 is 17.5 Å². The number of aromatic nitrogens is 2. The van der Waals surface area contributed by atoms with Crippen LogP contribution >= 0.6 is 0 Å². The second-order valence-corrected chi connectivity index (χ2v) is 8.85. The van der Waals surface area contributed by atoms with Crippen LogP contribution in [0.3, 0.4) is 0 Å². The number of aryl methyl sites for hydroxylation is 1. The molecule has 4 rings (SSSR count). The SMILES string of the molecule is CCCN(Cc1nc2cc(CN3CC=CCC3)ccc2n1CCC)C(=O)c1cc(F)ccc1F. The summed E-state index contributed by atoms with van der Waals surface area (Å²) in [5.41, 5.74) is 2.89. The summed E-state index contributed by atoms with van der Waals surface area (Å²) in [7, 11) is 0. The predicted octanol–water partition coefficient (Wildman–Crippen LogP) is 5.54. The minimum absolute atomic E-state index is 0.240. The van der Waals surface area contributed by atoms with Gasteiger partial charge in [0, 0.05) is 32.7 Å². The zero-order valence-electron chi connectivity index (χ0n) is 19.9. The van der Waals surface area contributed by atoms with Crippen LogP contribution in [0.5, 0.6) is 0 Å². The van der Waals surface area contributed by atoms with Crippen LogP contribution in [0.25, 0.3) is 11.0 Å². The largest absolute Gasteiger partial charge is 0.331 e. The van der Waals surface area contributed by atoms with Crippen LogP contribution in [-0.2, 0) is 19.6 Å². The average molecular weight is 467 g/mol. The van der Waals surface area contributed by atoms with E-state index in [1.807, 2.05) is 6.92 Å². The van der Waals surface area contributed by atoms with Crippen LogP contribution in [0.2, 0.25) is 0 Å². The highest BCUT2D eigenvalue weighted by molar-refractivity contribution is 5.94. The van der Waals surface area contributed by atoms with E-state index in [9.17, 15) is 13.6 Å². The fraction of sp³-hybridized carbons (Fsp3) is 0.407. The highest BCUT2D eigenvalue weighted by Crippen LogP contribution is 2.22. The van der Waals surface area contributed by atoms with Gasteiger partial charge in [-0.1, -0.05) is 32.1 Å². The monoisotopic (exact) mass is 466 g/mol. The smallest absolute Gasteiger partial charge is 0.257 e. The molecule has 0 aliphatic carbocycles. The van der Waals surface area contributed by atoms with Gasteiger partial charge in [0.15, 0.2) is 0 Å². The number of hydrogen-bond acceptors (Lipinski definition) is 3. The Labute approximate surface area is 199 Å². The number of nitrogens with zero attached hydrogens (tertiary/aromatic N) is 4. The maximum Gasteiger partial charge on any atom is 0.257 e. The molecule has 1 aromatic heterocycles. The first-order valence-corrected chi connectivity index (χ1v) is 12.1. The van der Waals surface area contributed by atoms with Crippen LogP contribution in [0, 0.1) is 11.6 Å². The molecular formula is C27H32F2N4O. The second-order valence-electron chi connectivity index (χ2n) is 8.85. The van der Waals surface area contributed by atoms with Crippen molar-refractivity contribution in [1.29, 1.82) is 0 Å². The number of carbonyl (C=O) groups excluding carboxylic acids is 1. The second kappa shape index (κ2) is 10.9. The molecule has 180 valence electrons. The van der Waals surface area contributed by atoms with E-state index in [2.05, 4.69) is 46.7 Å². The molecule has 2 heterocycles. The Balaban J connectivity index is 1.63. The van der Waals surface area contributed by atoms with Crippen molar-refractivity contribution in [3.8, 4) is 0 Å². The van der Waals surface area contributed by atoms with Crippen LogP contribution in [0.15, 0.2) is 48.6 Å². The van der Waals surface area contributed by atoms with Gasteiger partial charge in [-0.3, -0.25) is 9.69 Å². The Hall–Kier alpha value is -3.06. The molecule has 2 aromatic carbocycles. The van der Waals surface area contributed by atoms with E-state index in [1.54, 1.807) is 4.90 Å². The fourth-order valence-electron chi connectivity index (χ4n) is 4.53. The first-order chi connectivity index (χ1) is 16.5. The Morgan fingerprint density at radius 1 is 1.09 bits per heavy atom. The summed E-state index contributed by atoms with van der Waals surface area (Å²) in [5.74, 6) is -1.11. The topological polar surface area (TPSA) is 41.4 Å². The van der Waals surface area contributed by atoms with Gasteiger partial charge in [0.05, 0.1) is 23.1 Å². The summed E-state index contributed by atoms with van der Waals surface area (Å²) < 4.78 is 30.2. The Morgan fingerprint density at radius 3 is 2.68 bits per heavy atom. The number of imidazole rings is 1. The summed E-state index contributed by atoms with van der Waals surface area (Å²) in [6.45, 7) is 8.37. The highest BCUT2D eigenvalue weighted by atomic mass is 19.1. The number of carbonyl (C=O) groups is 1. The molecule has 0 saturated carbocycles. The Morgan fingerprint density at radius 2 is 1.94 bits per heavy atom. The number of hydrogen-bond donors (Lipinski definition) is 0. The summed E-state index contributed by atoms with van der Waals surface area (Å²) in [6, 6.07) is 9.37. The molecule has 7 heteroatoms. The van der Waals surface area contributed by atoms with Gasteiger partial charge >= 0.3 is 0 Å². The van der Waals surface area contributed by atoms with Gasteiger partial charge in [-0.15, -0.1) is 0 Å². The molecule has 0 fully saturated rings. The number of amides is 1. The zero-order valence-corrected chi connectivity index (χ0v) is 19.9. The summed E-state index contributed by atoms with van der Waals surface area (Å²) in [6.07, 6.45) is 7.12. The van der Waals surface area contributed by atoms with Crippen LogP contribution in [0.1, 0.15) is 54.9 Å². The molecule has 1 amide bonds. The summed E-state index contributed by atoms with van der Waals surface area (Å²) in [4.78, 5) is 22.0. The van der Waals surface area contributed by atoms with Gasteiger partial charge in [0.1, 0.15) is 17.5 Å². The van der Waals surface area contributed by atoms with Gasteiger partial charge in [-0.25, -0.2) is 13.8 Å². The van der Waals surface area contributed by atoms with Gasteiger partial charge in [-0.05, 0) is 55.2 Å². The molecule has 34 heavy (non-hydrogen) atoms. The molecule has 5 nitrogen and oxygen atoms in total. The van der Waals surface area contributed by atoms with Gasteiger partial charge in [0.2, 0.25) is 0 Å². The molecule has 1 aliphatic heterocycles. The standard InChI is InChI=1S/C27H32F2N4O/c1-3-12-32(27(34)22-17-21(28)9-10-23(22)29)19-26-30-24-16-20(18-31-14-6-5-7-15-31)8-11-25(24)33(26)13-4-2/h5-6,8-11,16-17H,3-4,7,12-15,18-19H2,1-2H3. The third kappa shape index (κ3) is 5.36. The molecule has 0 unspecified atom stereocenters. The minimum Gasteiger partial charge on any atom is -0.331 e. The Bertz CT molecular complexity index is 1190. The molecule has 0 atom stereocenters. The molecule has 0 bridgehead atoms. The maximum absolute atomic E-state index is 14.3. The lowest BCUT2D eigenvalue weighted by Crippen LogP contribution is -2.33. The van der Waals surface area contributed by atoms with Crippen molar-refractivity contribution >= 4 is 16.9 Å². The van der Waals surface area contributed by atoms with Crippen molar-refractivity contribution in [2.24, 2.45) is 0 Å². The maximum atomic E-state index is 14.3. The summed E-state index contributed by atoms with van der Waals surface area (Å²) in [5, 5.41) is 0. The summed E-state index contributed by atoms with van der Waals surface area (Å²) >= 11 is 0. The number of benzene rings is 2. The van der Waals surface area contributed by atoms with Crippen molar-refractivity contribution in [2.45, 2.75) is 52.7 Å². The third-order valence-corrected chi connectivity index (χ3v) is 6.16. The quantitative estimate of drug-likeness (QED) is 0.389. The van der Waals surface area contributed by atoms with Crippen molar-refractivity contribution in [1.82, 2.24) is 19.4 Å². The van der Waals surface area contributed by atoms with E-state index in [0.717, 1.165) is 74.1 Å². The lowest BCUT2D eigenvalue weighted by molar-refractivity contribution is 0.0732. The molecule has 1 aliphatic rings. The van der Waals surface area contributed by atoms with E-state index in [4.69, 9.17) is 4.98 Å². The molecule has 0 saturated heterocycles. The van der Waals surface area contributed by atoms with Crippen LogP contribution < -0.4 is 0 Å². The average Bonchev–Trinajstić information content (AvgIpc) is 3.17. The molecule has 0 spiro atoms. The van der Waals surface area contributed by atoms with Gasteiger partial charge in [-0.2, -0.15) is 0 Å². The minimum atomic E-state index is -0.716. The van der Waals surface area contributed by atoms with Crippen molar-refractivity contribution in [3.63, 3.8) is 0 Å². The number of fused-ring (bicyclic) bond motifs is 1. The van der Waals surface area contributed by atoms with Crippen LogP contribution in [0.4, 0.5) is 8.78 Å². The first-order valence-electron chi connectivity index (χ1n) is 12.1. The van der Waals surface area contributed by atoms with E-state index in [0.29, 0.717) is 13.0 Å². The zero-order chi connectivity index (χ0) is 24.1. The molecule has 0 N–H and O–H groups in total.